The van der Waals surface area contributed by atoms with Crippen LogP contribution in [0.25, 0.3) is 0 Å². The Balaban J connectivity index is 1.78. The molecule has 3 rings (SSSR count). The number of rotatable bonds is 4. The smallest absolute Gasteiger partial charge is 0.259 e. The zero-order valence-electron chi connectivity index (χ0n) is 14.6. The average Bonchev–Trinajstić information content (AvgIpc) is 2.62. The molecule has 0 saturated carbocycles. The quantitative estimate of drug-likeness (QED) is 0.845. The van der Waals surface area contributed by atoms with Crippen LogP contribution in [0.4, 0.5) is 11.4 Å². The monoisotopic (exact) mass is 358 g/mol. The lowest BCUT2D eigenvalue weighted by atomic mass is 10.1. The van der Waals surface area contributed by atoms with Crippen molar-refractivity contribution in [1.82, 2.24) is 0 Å². The lowest BCUT2D eigenvalue weighted by Crippen LogP contribution is -2.29. The lowest BCUT2D eigenvalue weighted by molar-refractivity contribution is 0.102. The standard InChI is InChI=1S/C20H23ClN2O2/c1-14-7-6-8-16(19(14)25-2)20(24)22-15-9-10-18(17(21)13-15)23-11-4-3-5-12-23/h6-10,13H,3-5,11-12H2,1-2H3,(H,22,24). The van der Waals surface area contributed by atoms with Crippen LogP contribution in [-0.2, 0) is 0 Å². The molecule has 0 spiro atoms. The third kappa shape index (κ3) is 3.90. The molecule has 5 heteroatoms. The number of carbonyl (C=O) groups is 1. The van der Waals surface area contributed by atoms with Gasteiger partial charge < -0.3 is 15.0 Å². The summed E-state index contributed by atoms with van der Waals surface area (Å²) >= 11 is 6.46. The van der Waals surface area contributed by atoms with E-state index in [9.17, 15) is 4.79 Å². The number of nitrogens with one attached hydrogen (secondary N) is 1. The zero-order valence-corrected chi connectivity index (χ0v) is 15.4. The van der Waals surface area contributed by atoms with E-state index < -0.39 is 0 Å². The van der Waals surface area contributed by atoms with Gasteiger partial charge in [-0.1, -0.05) is 23.7 Å². The van der Waals surface area contributed by atoms with Crippen molar-refractivity contribution in [3.63, 3.8) is 0 Å². The molecule has 0 aromatic heterocycles. The minimum absolute atomic E-state index is 0.206. The molecule has 4 nitrogen and oxygen atoms in total. The van der Waals surface area contributed by atoms with Gasteiger partial charge in [0.1, 0.15) is 5.75 Å². The Hall–Kier alpha value is -2.20. The molecule has 1 amide bonds. The molecule has 0 bridgehead atoms. The van der Waals surface area contributed by atoms with E-state index in [-0.39, 0.29) is 5.91 Å². The number of para-hydroxylation sites is 1. The largest absolute Gasteiger partial charge is 0.496 e. The fourth-order valence-electron chi connectivity index (χ4n) is 3.28. The van der Waals surface area contributed by atoms with Gasteiger partial charge in [0.25, 0.3) is 5.91 Å². The molecule has 1 saturated heterocycles. The summed E-state index contributed by atoms with van der Waals surface area (Å²) in [4.78, 5) is 14.9. The van der Waals surface area contributed by atoms with Gasteiger partial charge in [0.05, 0.1) is 23.4 Å². The zero-order chi connectivity index (χ0) is 17.8. The number of methoxy groups -OCH3 is 1. The van der Waals surface area contributed by atoms with Crippen molar-refractivity contribution in [2.24, 2.45) is 0 Å². The number of ether oxygens (including phenoxy) is 1. The van der Waals surface area contributed by atoms with E-state index in [4.69, 9.17) is 16.3 Å². The molecule has 2 aromatic rings. The maximum atomic E-state index is 12.6. The van der Waals surface area contributed by atoms with Gasteiger partial charge >= 0.3 is 0 Å². The topological polar surface area (TPSA) is 41.6 Å². The second-order valence-electron chi connectivity index (χ2n) is 6.32. The maximum absolute atomic E-state index is 12.6. The Morgan fingerprint density at radius 2 is 1.92 bits per heavy atom. The van der Waals surface area contributed by atoms with Crippen LogP contribution in [0.1, 0.15) is 35.2 Å². The van der Waals surface area contributed by atoms with Crippen LogP contribution < -0.4 is 15.0 Å². The number of halogens is 1. The lowest BCUT2D eigenvalue weighted by Gasteiger charge is -2.29. The summed E-state index contributed by atoms with van der Waals surface area (Å²) in [5, 5.41) is 3.57. The number of carbonyl (C=O) groups excluding carboxylic acids is 1. The second kappa shape index (κ2) is 7.79. The van der Waals surface area contributed by atoms with Crippen LogP contribution in [0, 0.1) is 6.92 Å². The number of benzene rings is 2. The highest BCUT2D eigenvalue weighted by atomic mass is 35.5. The first kappa shape index (κ1) is 17.6. The fraction of sp³-hybridized carbons (Fsp3) is 0.350. The van der Waals surface area contributed by atoms with Crippen molar-refractivity contribution in [2.45, 2.75) is 26.2 Å². The van der Waals surface area contributed by atoms with E-state index in [1.807, 2.05) is 37.3 Å². The van der Waals surface area contributed by atoms with E-state index in [0.717, 1.165) is 24.3 Å². The Morgan fingerprint density at radius 1 is 1.16 bits per heavy atom. The summed E-state index contributed by atoms with van der Waals surface area (Å²) in [6.45, 7) is 3.98. The summed E-state index contributed by atoms with van der Waals surface area (Å²) in [6.07, 6.45) is 3.67. The van der Waals surface area contributed by atoms with Crippen LogP contribution in [0.2, 0.25) is 5.02 Å². The Kier molecular flexibility index (Phi) is 5.49. The number of piperidine rings is 1. The molecule has 1 aliphatic heterocycles. The van der Waals surface area contributed by atoms with Crippen LogP contribution >= 0.6 is 11.6 Å². The van der Waals surface area contributed by atoms with E-state index in [2.05, 4.69) is 10.2 Å². The van der Waals surface area contributed by atoms with Gasteiger partial charge in [0, 0.05) is 18.8 Å². The van der Waals surface area contributed by atoms with Gasteiger partial charge in [0.15, 0.2) is 0 Å². The number of hydrogen-bond donors (Lipinski definition) is 1. The molecular weight excluding hydrogens is 336 g/mol. The molecule has 1 fully saturated rings. The molecule has 1 heterocycles. The molecule has 0 unspecified atom stereocenters. The van der Waals surface area contributed by atoms with Gasteiger partial charge in [-0.25, -0.2) is 0 Å². The molecule has 0 atom stereocenters. The minimum Gasteiger partial charge on any atom is -0.496 e. The Morgan fingerprint density at radius 3 is 2.60 bits per heavy atom. The molecule has 1 N–H and O–H groups in total. The van der Waals surface area contributed by atoms with Crippen LogP contribution in [-0.4, -0.2) is 26.1 Å². The van der Waals surface area contributed by atoms with Gasteiger partial charge in [0.2, 0.25) is 0 Å². The van der Waals surface area contributed by atoms with E-state index >= 15 is 0 Å². The molecule has 132 valence electrons. The highest BCUT2D eigenvalue weighted by molar-refractivity contribution is 6.33. The normalized spacial score (nSPS) is 14.3. The van der Waals surface area contributed by atoms with Crippen molar-refractivity contribution in [3.05, 3.63) is 52.5 Å². The first-order valence-electron chi connectivity index (χ1n) is 8.59. The highest BCUT2D eigenvalue weighted by Gasteiger charge is 2.17. The number of hydrogen-bond acceptors (Lipinski definition) is 3. The van der Waals surface area contributed by atoms with E-state index in [0.29, 0.717) is 22.0 Å². The third-order valence-electron chi connectivity index (χ3n) is 4.56. The number of anilines is 2. The van der Waals surface area contributed by atoms with Crippen molar-refractivity contribution in [2.75, 3.05) is 30.4 Å². The van der Waals surface area contributed by atoms with Crippen LogP contribution in [0.3, 0.4) is 0 Å². The molecule has 1 aliphatic rings. The minimum atomic E-state index is -0.206. The summed E-state index contributed by atoms with van der Waals surface area (Å²) in [5.74, 6) is 0.387. The number of amides is 1. The predicted octanol–water partition coefficient (Wildman–Crippen LogP) is 4.90. The summed E-state index contributed by atoms with van der Waals surface area (Å²) < 4.78 is 5.36. The van der Waals surface area contributed by atoms with E-state index in [1.165, 1.54) is 19.3 Å². The van der Waals surface area contributed by atoms with Crippen molar-refractivity contribution in [1.29, 1.82) is 0 Å². The van der Waals surface area contributed by atoms with Gasteiger partial charge in [-0.3, -0.25) is 4.79 Å². The first-order chi connectivity index (χ1) is 12.1. The van der Waals surface area contributed by atoms with Gasteiger partial charge in [-0.15, -0.1) is 0 Å². The molecule has 0 radical (unpaired) electrons. The van der Waals surface area contributed by atoms with E-state index in [1.54, 1.807) is 13.2 Å². The first-order valence-corrected chi connectivity index (χ1v) is 8.97. The van der Waals surface area contributed by atoms with Crippen LogP contribution in [0.15, 0.2) is 36.4 Å². The maximum Gasteiger partial charge on any atom is 0.259 e. The summed E-state index contributed by atoms with van der Waals surface area (Å²) in [6, 6.07) is 11.2. The fourth-order valence-corrected chi connectivity index (χ4v) is 3.58. The van der Waals surface area contributed by atoms with Gasteiger partial charge in [-0.2, -0.15) is 0 Å². The third-order valence-corrected chi connectivity index (χ3v) is 4.87. The van der Waals surface area contributed by atoms with Gasteiger partial charge in [-0.05, 0) is 56.0 Å². The summed E-state index contributed by atoms with van der Waals surface area (Å²) in [5.41, 5.74) is 3.15. The van der Waals surface area contributed by atoms with Crippen molar-refractivity contribution in [3.8, 4) is 5.75 Å². The second-order valence-corrected chi connectivity index (χ2v) is 6.73. The number of nitrogens with zero attached hydrogens (tertiary/aromatic N) is 1. The molecule has 2 aromatic carbocycles. The molecule has 0 aliphatic carbocycles. The van der Waals surface area contributed by atoms with Crippen molar-refractivity contribution < 1.29 is 9.53 Å². The Labute approximate surface area is 153 Å². The SMILES string of the molecule is COc1c(C)cccc1C(=O)Nc1ccc(N2CCCCC2)c(Cl)c1. The highest BCUT2D eigenvalue weighted by Crippen LogP contribution is 2.31. The Bertz CT molecular complexity index is 770. The summed E-state index contributed by atoms with van der Waals surface area (Å²) in [7, 11) is 1.57. The molecular formula is C20H23ClN2O2. The van der Waals surface area contributed by atoms with Crippen LogP contribution in [0.5, 0.6) is 5.75 Å². The predicted molar refractivity (Wildman–Crippen MR) is 103 cm³/mol. The molecule has 25 heavy (non-hydrogen) atoms. The number of aryl methyl sites for hydroxylation is 1. The van der Waals surface area contributed by atoms with Crippen molar-refractivity contribution >= 4 is 28.9 Å². The average molecular weight is 359 g/mol.